The molecule has 1 aromatic carbocycles. The number of hydrogen-bond acceptors (Lipinski definition) is 4. The second kappa shape index (κ2) is 10.1. The van der Waals surface area contributed by atoms with E-state index in [1.807, 2.05) is 36.4 Å². The maximum atomic E-state index is 4.67. The van der Waals surface area contributed by atoms with Crippen molar-refractivity contribution in [2.24, 2.45) is 4.99 Å². The van der Waals surface area contributed by atoms with E-state index in [0.29, 0.717) is 13.1 Å². The first-order chi connectivity index (χ1) is 11.8. The number of nitrogens with zero attached hydrogens (tertiary/aromatic N) is 3. The molecule has 25 heavy (non-hydrogen) atoms. The fourth-order valence-electron chi connectivity index (χ4n) is 2.17. The first kappa shape index (κ1) is 19.3. The molecule has 0 fully saturated rings. The van der Waals surface area contributed by atoms with Crippen molar-refractivity contribution in [2.75, 3.05) is 7.05 Å². The number of thiazole rings is 1. The van der Waals surface area contributed by atoms with Crippen molar-refractivity contribution in [2.45, 2.75) is 13.1 Å². The molecule has 130 valence electrons. The quantitative estimate of drug-likeness (QED) is 0.343. The Labute approximate surface area is 168 Å². The molecule has 0 bridgehead atoms. The molecule has 2 heterocycles. The summed E-state index contributed by atoms with van der Waals surface area (Å²) < 4.78 is 0. The third-order valence-corrected chi connectivity index (χ3v) is 4.34. The molecule has 0 aliphatic carbocycles. The molecule has 7 heteroatoms. The third-order valence-electron chi connectivity index (χ3n) is 3.40. The molecular formula is C18H20IN5S. The van der Waals surface area contributed by atoms with Gasteiger partial charge in [-0.2, -0.15) is 0 Å². The summed E-state index contributed by atoms with van der Waals surface area (Å²) >= 11 is 1.65. The van der Waals surface area contributed by atoms with E-state index in [2.05, 4.69) is 43.1 Å². The van der Waals surface area contributed by atoms with Crippen LogP contribution in [0, 0.1) is 0 Å². The highest BCUT2D eigenvalue weighted by molar-refractivity contribution is 14.0. The van der Waals surface area contributed by atoms with Crippen LogP contribution in [0.25, 0.3) is 10.6 Å². The highest BCUT2D eigenvalue weighted by Gasteiger charge is 2.05. The normalized spacial score (nSPS) is 10.8. The molecule has 5 nitrogen and oxygen atoms in total. The molecule has 0 amide bonds. The van der Waals surface area contributed by atoms with E-state index in [4.69, 9.17) is 0 Å². The van der Waals surface area contributed by atoms with Gasteiger partial charge in [0.2, 0.25) is 0 Å². The minimum Gasteiger partial charge on any atom is -0.351 e. The van der Waals surface area contributed by atoms with E-state index < -0.39 is 0 Å². The van der Waals surface area contributed by atoms with E-state index in [9.17, 15) is 0 Å². The van der Waals surface area contributed by atoms with Crippen LogP contribution in [-0.4, -0.2) is 23.0 Å². The van der Waals surface area contributed by atoms with Crippen LogP contribution in [0.2, 0.25) is 0 Å². The van der Waals surface area contributed by atoms with Gasteiger partial charge < -0.3 is 10.6 Å². The minimum atomic E-state index is 0. The zero-order valence-electron chi connectivity index (χ0n) is 13.8. The molecule has 0 spiro atoms. The first-order valence-electron chi connectivity index (χ1n) is 7.69. The van der Waals surface area contributed by atoms with Gasteiger partial charge in [-0.3, -0.25) is 9.98 Å². The molecule has 2 N–H and O–H groups in total. The average molecular weight is 465 g/mol. The highest BCUT2D eigenvalue weighted by atomic mass is 127. The molecule has 0 aliphatic heterocycles. The summed E-state index contributed by atoms with van der Waals surface area (Å²) in [4.78, 5) is 13.2. The Hall–Kier alpha value is -2.00. The number of halogens is 1. The molecular weight excluding hydrogens is 445 g/mol. The lowest BCUT2D eigenvalue weighted by molar-refractivity contribution is 0.786. The molecule has 3 rings (SSSR count). The van der Waals surface area contributed by atoms with Gasteiger partial charge in [0.25, 0.3) is 0 Å². The van der Waals surface area contributed by atoms with Crippen molar-refractivity contribution < 1.29 is 0 Å². The number of benzene rings is 1. The van der Waals surface area contributed by atoms with E-state index in [-0.39, 0.29) is 24.0 Å². The third kappa shape index (κ3) is 5.79. The Morgan fingerprint density at radius 3 is 2.40 bits per heavy atom. The number of rotatable bonds is 5. The molecule has 0 atom stereocenters. The Bertz CT molecular complexity index is 789. The average Bonchev–Trinajstić information content (AvgIpc) is 3.12. The maximum absolute atomic E-state index is 4.67. The van der Waals surface area contributed by atoms with Gasteiger partial charge in [0.05, 0.1) is 24.5 Å². The van der Waals surface area contributed by atoms with Gasteiger partial charge in [0.15, 0.2) is 5.96 Å². The lowest BCUT2D eigenvalue weighted by Crippen LogP contribution is -2.36. The van der Waals surface area contributed by atoms with Crippen molar-refractivity contribution in [1.29, 1.82) is 0 Å². The fraction of sp³-hybridized carbons (Fsp3) is 0.167. The van der Waals surface area contributed by atoms with Gasteiger partial charge in [0.1, 0.15) is 5.01 Å². The Morgan fingerprint density at radius 1 is 1.00 bits per heavy atom. The number of nitrogens with one attached hydrogen (secondary N) is 2. The molecule has 0 unspecified atom stereocenters. The van der Waals surface area contributed by atoms with Gasteiger partial charge in [-0.05, 0) is 12.1 Å². The van der Waals surface area contributed by atoms with Crippen LogP contribution < -0.4 is 10.6 Å². The molecule has 0 aliphatic rings. The molecule has 0 saturated heterocycles. The van der Waals surface area contributed by atoms with Gasteiger partial charge in [0, 0.05) is 24.2 Å². The van der Waals surface area contributed by atoms with Gasteiger partial charge in [-0.25, -0.2) is 4.98 Å². The largest absolute Gasteiger partial charge is 0.351 e. The Kier molecular flexibility index (Phi) is 7.80. The lowest BCUT2D eigenvalue weighted by atomic mass is 10.2. The number of aromatic nitrogens is 2. The predicted molar refractivity (Wildman–Crippen MR) is 114 cm³/mol. The molecule has 3 aromatic rings. The van der Waals surface area contributed by atoms with Crippen LogP contribution in [0.5, 0.6) is 0 Å². The van der Waals surface area contributed by atoms with Crippen molar-refractivity contribution in [3.05, 3.63) is 71.5 Å². The van der Waals surface area contributed by atoms with Crippen molar-refractivity contribution in [3.8, 4) is 10.6 Å². The van der Waals surface area contributed by atoms with E-state index >= 15 is 0 Å². The summed E-state index contributed by atoms with van der Waals surface area (Å²) in [6, 6.07) is 16.1. The summed E-state index contributed by atoms with van der Waals surface area (Å²) in [5.74, 6) is 0.731. The van der Waals surface area contributed by atoms with Crippen LogP contribution in [0.1, 0.15) is 11.4 Å². The maximum Gasteiger partial charge on any atom is 0.191 e. The summed E-state index contributed by atoms with van der Waals surface area (Å²) in [5.41, 5.74) is 3.12. The lowest BCUT2D eigenvalue weighted by Gasteiger charge is -2.10. The second-order valence-electron chi connectivity index (χ2n) is 5.11. The molecule has 2 aromatic heterocycles. The van der Waals surface area contributed by atoms with Crippen LogP contribution >= 0.6 is 35.3 Å². The summed E-state index contributed by atoms with van der Waals surface area (Å²) in [7, 11) is 1.75. The van der Waals surface area contributed by atoms with Crippen molar-refractivity contribution >= 4 is 41.3 Å². The molecule has 0 saturated carbocycles. The monoisotopic (exact) mass is 465 g/mol. The summed E-state index contributed by atoms with van der Waals surface area (Å²) in [6.45, 7) is 1.26. The van der Waals surface area contributed by atoms with E-state index in [1.54, 1.807) is 24.6 Å². The topological polar surface area (TPSA) is 62.2 Å². The van der Waals surface area contributed by atoms with Gasteiger partial charge in [-0.1, -0.05) is 36.4 Å². The number of hydrogen-bond donors (Lipinski definition) is 2. The zero-order valence-corrected chi connectivity index (χ0v) is 17.0. The van der Waals surface area contributed by atoms with Crippen molar-refractivity contribution in [1.82, 2.24) is 20.6 Å². The molecule has 0 radical (unpaired) electrons. The number of aliphatic imine (C=N–C) groups is 1. The van der Waals surface area contributed by atoms with E-state index in [1.165, 1.54) is 0 Å². The highest BCUT2D eigenvalue weighted by Crippen LogP contribution is 2.23. The fourth-order valence-corrected chi connectivity index (χ4v) is 3.00. The zero-order chi connectivity index (χ0) is 16.6. The van der Waals surface area contributed by atoms with Crippen LogP contribution in [0.3, 0.4) is 0 Å². The van der Waals surface area contributed by atoms with Crippen LogP contribution in [-0.2, 0) is 13.1 Å². The first-order valence-corrected chi connectivity index (χ1v) is 8.57. The van der Waals surface area contributed by atoms with Gasteiger partial charge >= 0.3 is 0 Å². The number of guanidine groups is 1. The predicted octanol–water partition coefficient (Wildman–Crippen LogP) is 3.69. The van der Waals surface area contributed by atoms with E-state index in [0.717, 1.165) is 27.9 Å². The van der Waals surface area contributed by atoms with Crippen molar-refractivity contribution in [3.63, 3.8) is 0 Å². The summed E-state index contributed by atoms with van der Waals surface area (Å²) in [6.07, 6.45) is 1.79. The standard InChI is InChI=1S/C18H19N5S.HI/c1-19-18(21-11-15-9-5-6-10-20-15)22-12-16-13-24-17(23-16)14-7-3-2-4-8-14;/h2-10,13H,11-12H2,1H3,(H2,19,21,22);1H. The van der Waals surface area contributed by atoms with Gasteiger partial charge in [-0.15, -0.1) is 35.3 Å². The SMILES string of the molecule is CN=C(NCc1ccccn1)NCc1csc(-c2ccccc2)n1.I. The number of pyridine rings is 1. The summed E-state index contributed by atoms with van der Waals surface area (Å²) in [5, 5.41) is 9.62. The Morgan fingerprint density at radius 2 is 1.72 bits per heavy atom. The Balaban J connectivity index is 0.00000225. The smallest absolute Gasteiger partial charge is 0.191 e. The second-order valence-corrected chi connectivity index (χ2v) is 5.97. The minimum absolute atomic E-state index is 0. The van der Waals surface area contributed by atoms with Crippen LogP contribution in [0.15, 0.2) is 65.1 Å². The van der Waals surface area contributed by atoms with Crippen LogP contribution in [0.4, 0.5) is 0 Å².